The first-order valence-corrected chi connectivity index (χ1v) is 9.80. The average molecular weight is 375 g/mol. The molecule has 0 radical (unpaired) electrons. The summed E-state index contributed by atoms with van der Waals surface area (Å²) in [5.41, 5.74) is 0.604. The van der Waals surface area contributed by atoms with Gasteiger partial charge in [-0.1, -0.05) is 0 Å². The number of amides is 1. The molecule has 1 amide bonds. The predicted octanol–water partition coefficient (Wildman–Crippen LogP) is 2.13. The zero-order valence-electron chi connectivity index (χ0n) is 14.5. The van der Waals surface area contributed by atoms with Gasteiger partial charge in [-0.2, -0.15) is 4.31 Å². The smallest absolute Gasteiger partial charge is 0.243 e. The Hall–Kier alpha value is -2.45. The van der Waals surface area contributed by atoms with E-state index in [1.165, 1.54) is 23.5 Å². The standard InChI is InChI=1S/C18H21N3O4S/c1-25-16-6-8-17(9-7-16)26(23,24)21-11-3-4-14(13-21)18(22)20-15-5-2-10-19-12-15/h2,5-10,12,14H,3-4,11,13H2,1H3,(H,20,22)/t14-/m0/s1. The van der Waals surface area contributed by atoms with Crippen molar-refractivity contribution >= 4 is 21.6 Å². The molecule has 0 aliphatic carbocycles. The van der Waals surface area contributed by atoms with E-state index in [2.05, 4.69) is 10.3 Å². The molecular formula is C18H21N3O4S. The third-order valence-electron chi connectivity index (χ3n) is 4.38. The van der Waals surface area contributed by atoms with Crippen LogP contribution in [0.25, 0.3) is 0 Å². The van der Waals surface area contributed by atoms with Gasteiger partial charge >= 0.3 is 0 Å². The molecule has 2 aromatic rings. The number of hydrogen-bond acceptors (Lipinski definition) is 5. The fourth-order valence-electron chi connectivity index (χ4n) is 2.95. The molecule has 0 unspecified atom stereocenters. The van der Waals surface area contributed by atoms with Gasteiger partial charge < -0.3 is 10.1 Å². The summed E-state index contributed by atoms with van der Waals surface area (Å²) in [5.74, 6) is 0.0147. The third kappa shape index (κ3) is 4.03. The van der Waals surface area contributed by atoms with Crippen LogP contribution in [0.1, 0.15) is 12.8 Å². The number of anilines is 1. The minimum Gasteiger partial charge on any atom is -0.497 e. The van der Waals surface area contributed by atoms with Gasteiger partial charge in [0, 0.05) is 19.3 Å². The molecule has 1 aliphatic rings. The number of methoxy groups -OCH3 is 1. The number of nitrogens with one attached hydrogen (secondary N) is 1. The molecule has 7 nitrogen and oxygen atoms in total. The summed E-state index contributed by atoms with van der Waals surface area (Å²) in [5, 5.41) is 2.80. The summed E-state index contributed by atoms with van der Waals surface area (Å²) in [6.45, 7) is 0.575. The number of carbonyl (C=O) groups is 1. The highest BCUT2D eigenvalue weighted by Gasteiger charge is 2.33. The van der Waals surface area contributed by atoms with Gasteiger partial charge in [-0.05, 0) is 49.2 Å². The zero-order valence-corrected chi connectivity index (χ0v) is 15.3. The molecule has 1 aliphatic heterocycles. The number of ether oxygens (including phenoxy) is 1. The van der Waals surface area contributed by atoms with Gasteiger partial charge in [0.2, 0.25) is 15.9 Å². The lowest BCUT2D eigenvalue weighted by molar-refractivity contribution is -0.120. The highest BCUT2D eigenvalue weighted by atomic mass is 32.2. The van der Waals surface area contributed by atoms with Crippen molar-refractivity contribution in [3.8, 4) is 5.75 Å². The zero-order chi connectivity index (χ0) is 18.6. The fraction of sp³-hybridized carbons (Fsp3) is 0.333. The molecule has 0 saturated carbocycles. The van der Waals surface area contributed by atoms with Gasteiger partial charge in [-0.3, -0.25) is 9.78 Å². The van der Waals surface area contributed by atoms with E-state index in [0.29, 0.717) is 30.8 Å². The van der Waals surface area contributed by atoms with Crippen molar-refractivity contribution in [3.05, 3.63) is 48.8 Å². The Bertz CT molecular complexity index is 854. The Balaban J connectivity index is 1.71. The number of pyridine rings is 1. The molecule has 1 N–H and O–H groups in total. The van der Waals surface area contributed by atoms with Crippen LogP contribution >= 0.6 is 0 Å². The summed E-state index contributed by atoms with van der Waals surface area (Å²) in [4.78, 5) is 16.6. The van der Waals surface area contributed by atoms with Crippen molar-refractivity contribution in [1.82, 2.24) is 9.29 Å². The van der Waals surface area contributed by atoms with E-state index in [4.69, 9.17) is 4.74 Å². The van der Waals surface area contributed by atoms with Crippen molar-refractivity contribution < 1.29 is 17.9 Å². The van der Waals surface area contributed by atoms with Gasteiger partial charge in [0.1, 0.15) is 5.75 Å². The fourth-order valence-corrected chi connectivity index (χ4v) is 4.48. The van der Waals surface area contributed by atoms with Gasteiger partial charge in [0.15, 0.2) is 0 Å². The summed E-state index contributed by atoms with van der Waals surface area (Å²) >= 11 is 0. The van der Waals surface area contributed by atoms with E-state index >= 15 is 0 Å². The number of aromatic nitrogens is 1. The van der Waals surface area contributed by atoms with Crippen LogP contribution in [0.15, 0.2) is 53.7 Å². The number of sulfonamides is 1. The molecule has 1 atom stereocenters. The summed E-state index contributed by atoms with van der Waals surface area (Å²) in [6, 6.07) is 9.75. The topological polar surface area (TPSA) is 88.6 Å². The Morgan fingerprint density at radius 3 is 2.69 bits per heavy atom. The molecule has 0 spiro atoms. The van der Waals surface area contributed by atoms with Crippen LogP contribution in [0.2, 0.25) is 0 Å². The lowest BCUT2D eigenvalue weighted by Gasteiger charge is -2.31. The van der Waals surface area contributed by atoms with Gasteiger partial charge in [-0.15, -0.1) is 0 Å². The van der Waals surface area contributed by atoms with Crippen LogP contribution in [0.3, 0.4) is 0 Å². The van der Waals surface area contributed by atoms with Crippen molar-refractivity contribution in [2.24, 2.45) is 5.92 Å². The average Bonchev–Trinajstić information content (AvgIpc) is 2.69. The van der Waals surface area contributed by atoms with E-state index in [9.17, 15) is 13.2 Å². The minimum absolute atomic E-state index is 0.167. The maximum atomic E-state index is 12.9. The van der Waals surface area contributed by atoms with Crippen LogP contribution < -0.4 is 10.1 Å². The molecule has 138 valence electrons. The van der Waals surface area contributed by atoms with Gasteiger partial charge in [0.05, 0.1) is 29.8 Å². The second-order valence-electron chi connectivity index (χ2n) is 6.11. The van der Waals surface area contributed by atoms with Crippen LogP contribution in [0.4, 0.5) is 5.69 Å². The molecule has 2 heterocycles. The first-order chi connectivity index (χ1) is 12.5. The Morgan fingerprint density at radius 2 is 2.04 bits per heavy atom. The Labute approximate surface area is 153 Å². The number of carbonyl (C=O) groups excluding carboxylic acids is 1. The lowest BCUT2D eigenvalue weighted by Crippen LogP contribution is -2.43. The van der Waals surface area contributed by atoms with Crippen LogP contribution in [-0.2, 0) is 14.8 Å². The second kappa shape index (κ2) is 7.84. The van der Waals surface area contributed by atoms with E-state index < -0.39 is 15.9 Å². The van der Waals surface area contributed by atoms with Gasteiger partial charge in [-0.25, -0.2) is 8.42 Å². The number of hydrogen-bond donors (Lipinski definition) is 1. The summed E-state index contributed by atoms with van der Waals surface area (Å²) in [6.07, 6.45) is 4.48. The first-order valence-electron chi connectivity index (χ1n) is 8.36. The number of benzene rings is 1. The SMILES string of the molecule is COc1ccc(S(=O)(=O)N2CCC[C@H](C(=O)Nc3cccnc3)C2)cc1. The monoisotopic (exact) mass is 375 g/mol. The molecule has 1 saturated heterocycles. The molecule has 3 rings (SSSR count). The molecule has 0 bridgehead atoms. The highest BCUT2D eigenvalue weighted by molar-refractivity contribution is 7.89. The normalized spacial score (nSPS) is 18.3. The molecule has 1 aromatic heterocycles. The molecular weight excluding hydrogens is 354 g/mol. The van der Waals surface area contributed by atoms with E-state index in [1.54, 1.807) is 36.7 Å². The molecule has 1 aromatic carbocycles. The van der Waals surface area contributed by atoms with Crippen molar-refractivity contribution in [2.45, 2.75) is 17.7 Å². The third-order valence-corrected chi connectivity index (χ3v) is 6.26. The van der Waals surface area contributed by atoms with Crippen LogP contribution in [0, 0.1) is 5.92 Å². The molecule has 26 heavy (non-hydrogen) atoms. The maximum absolute atomic E-state index is 12.9. The predicted molar refractivity (Wildman–Crippen MR) is 97.3 cm³/mol. The Kier molecular flexibility index (Phi) is 5.53. The Morgan fingerprint density at radius 1 is 1.27 bits per heavy atom. The van der Waals surface area contributed by atoms with Crippen molar-refractivity contribution in [1.29, 1.82) is 0 Å². The number of rotatable bonds is 5. The molecule has 1 fully saturated rings. The quantitative estimate of drug-likeness (QED) is 0.865. The number of nitrogens with zero attached hydrogens (tertiary/aromatic N) is 2. The van der Waals surface area contributed by atoms with Crippen molar-refractivity contribution in [2.75, 3.05) is 25.5 Å². The minimum atomic E-state index is -3.64. The highest BCUT2D eigenvalue weighted by Crippen LogP contribution is 2.25. The largest absolute Gasteiger partial charge is 0.497 e. The summed E-state index contributed by atoms with van der Waals surface area (Å²) < 4.78 is 32.2. The lowest BCUT2D eigenvalue weighted by atomic mass is 9.99. The second-order valence-corrected chi connectivity index (χ2v) is 8.05. The number of piperidine rings is 1. The van der Waals surface area contributed by atoms with Crippen LogP contribution in [-0.4, -0.2) is 43.8 Å². The summed E-state index contributed by atoms with van der Waals surface area (Å²) in [7, 11) is -2.11. The van der Waals surface area contributed by atoms with Crippen molar-refractivity contribution in [3.63, 3.8) is 0 Å². The molecule has 8 heteroatoms. The van der Waals surface area contributed by atoms with Gasteiger partial charge in [0.25, 0.3) is 0 Å². The van der Waals surface area contributed by atoms with E-state index in [1.807, 2.05) is 0 Å². The van der Waals surface area contributed by atoms with E-state index in [0.717, 1.165) is 0 Å². The first kappa shape index (κ1) is 18.3. The van der Waals surface area contributed by atoms with Crippen LogP contribution in [0.5, 0.6) is 5.75 Å². The van der Waals surface area contributed by atoms with E-state index in [-0.39, 0.29) is 17.3 Å². The maximum Gasteiger partial charge on any atom is 0.243 e.